The molecule has 4 nitrogen and oxygen atoms in total. The fraction of sp³-hybridized carbons (Fsp3) is 0.0769. The van der Waals surface area contributed by atoms with Crippen LogP contribution in [-0.2, 0) is 10.0 Å². The fourth-order valence-corrected chi connectivity index (χ4v) is 2.83. The predicted octanol–water partition coefficient (Wildman–Crippen LogP) is 3.15. The third-order valence-electron chi connectivity index (χ3n) is 2.47. The van der Waals surface area contributed by atoms with Crippen molar-refractivity contribution in [3.8, 4) is 5.75 Å². The number of sulfonamides is 1. The van der Waals surface area contributed by atoms with Crippen LogP contribution in [0.3, 0.4) is 0 Å². The Hall–Kier alpha value is -1.72. The van der Waals surface area contributed by atoms with Crippen molar-refractivity contribution in [2.75, 3.05) is 11.8 Å². The Morgan fingerprint density at radius 2 is 1.79 bits per heavy atom. The Labute approximate surface area is 117 Å². The number of hydrogen-bond acceptors (Lipinski definition) is 3. The number of nitrogens with one attached hydrogen (secondary N) is 1. The molecule has 2 rings (SSSR count). The smallest absolute Gasteiger partial charge is 0.261 e. The van der Waals surface area contributed by atoms with Gasteiger partial charge in [-0.2, -0.15) is 0 Å². The van der Waals surface area contributed by atoms with E-state index < -0.39 is 10.0 Å². The summed E-state index contributed by atoms with van der Waals surface area (Å²) in [7, 11) is -2.15. The van der Waals surface area contributed by atoms with Crippen LogP contribution in [0, 0.1) is 0 Å². The van der Waals surface area contributed by atoms with Gasteiger partial charge in [0.15, 0.2) is 0 Å². The summed E-state index contributed by atoms with van der Waals surface area (Å²) in [4.78, 5) is 0.175. The maximum atomic E-state index is 12.1. The highest BCUT2D eigenvalue weighted by molar-refractivity contribution is 7.92. The minimum Gasteiger partial charge on any atom is -0.497 e. The van der Waals surface area contributed by atoms with Gasteiger partial charge in [-0.05, 0) is 24.3 Å². The largest absolute Gasteiger partial charge is 0.497 e. The summed E-state index contributed by atoms with van der Waals surface area (Å²) in [6, 6.07) is 12.8. The molecular weight excluding hydrogens is 286 g/mol. The Balaban J connectivity index is 2.36. The van der Waals surface area contributed by atoms with Crippen molar-refractivity contribution in [2.24, 2.45) is 0 Å². The van der Waals surface area contributed by atoms with Gasteiger partial charge in [0.2, 0.25) is 0 Å². The third-order valence-corrected chi connectivity index (χ3v) is 4.18. The van der Waals surface area contributed by atoms with Gasteiger partial charge in [-0.3, -0.25) is 4.72 Å². The van der Waals surface area contributed by atoms with Crippen LogP contribution in [0.15, 0.2) is 53.4 Å². The van der Waals surface area contributed by atoms with Gasteiger partial charge in [-0.15, -0.1) is 0 Å². The van der Waals surface area contributed by atoms with Crippen molar-refractivity contribution in [2.45, 2.75) is 4.90 Å². The van der Waals surface area contributed by atoms with Crippen molar-refractivity contribution >= 4 is 27.3 Å². The van der Waals surface area contributed by atoms with E-state index in [0.717, 1.165) is 0 Å². The molecule has 2 aromatic rings. The van der Waals surface area contributed by atoms with Gasteiger partial charge in [0.25, 0.3) is 10.0 Å². The Morgan fingerprint density at radius 3 is 2.42 bits per heavy atom. The molecule has 0 unspecified atom stereocenters. The second kappa shape index (κ2) is 5.50. The number of hydrogen-bond donors (Lipinski definition) is 1. The number of ether oxygens (including phenoxy) is 1. The first-order valence-corrected chi connectivity index (χ1v) is 7.30. The number of methoxy groups -OCH3 is 1. The van der Waals surface area contributed by atoms with Crippen LogP contribution in [0.4, 0.5) is 5.69 Å². The average Bonchev–Trinajstić information content (AvgIpc) is 2.42. The van der Waals surface area contributed by atoms with Crippen LogP contribution in [0.2, 0.25) is 5.02 Å². The molecule has 0 fully saturated rings. The SMILES string of the molecule is COc1ccc(Cl)c(NS(=O)(=O)c2ccccc2)c1. The molecule has 0 aliphatic rings. The van der Waals surface area contributed by atoms with Gasteiger partial charge in [0, 0.05) is 6.07 Å². The van der Waals surface area contributed by atoms with Crippen molar-refractivity contribution in [1.82, 2.24) is 0 Å². The zero-order valence-corrected chi connectivity index (χ0v) is 11.7. The van der Waals surface area contributed by atoms with Gasteiger partial charge in [-0.1, -0.05) is 29.8 Å². The standard InChI is InChI=1S/C13H12ClNO3S/c1-18-10-7-8-12(14)13(9-10)15-19(16,17)11-5-3-2-4-6-11/h2-9,15H,1H3. The summed E-state index contributed by atoms with van der Waals surface area (Å²) in [5.74, 6) is 0.523. The van der Waals surface area contributed by atoms with E-state index in [0.29, 0.717) is 10.8 Å². The summed E-state index contributed by atoms with van der Waals surface area (Å²) in [6.07, 6.45) is 0. The molecule has 0 bridgehead atoms. The molecule has 0 radical (unpaired) electrons. The van der Waals surface area contributed by atoms with E-state index in [9.17, 15) is 8.42 Å². The number of anilines is 1. The lowest BCUT2D eigenvalue weighted by Crippen LogP contribution is -2.13. The molecule has 6 heteroatoms. The molecule has 0 aliphatic heterocycles. The van der Waals surface area contributed by atoms with Gasteiger partial charge >= 0.3 is 0 Å². The average molecular weight is 298 g/mol. The Bertz CT molecular complexity index is 672. The van der Waals surface area contributed by atoms with E-state index in [2.05, 4.69) is 4.72 Å². The predicted molar refractivity (Wildman–Crippen MR) is 75.3 cm³/mol. The van der Waals surface area contributed by atoms with Crippen molar-refractivity contribution in [3.05, 3.63) is 53.6 Å². The first kappa shape index (κ1) is 13.7. The molecule has 2 aromatic carbocycles. The molecular formula is C13H12ClNO3S. The van der Waals surface area contributed by atoms with Crippen LogP contribution < -0.4 is 9.46 Å². The molecule has 1 N–H and O–H groups in total. The van der Waals surface area contributed by atoms with Gasteiger partial charge < -0.3 is 4.74 Å². The minimum absolute atomic E-state index is 0.175. The van der Waals surface area contributed by atoms with Gasteiger partial charge in [-0.25, -0.2) is 8.42 Å². The molecule has 0 saturated carbocycles. The van der Waals surface area contributed by atoms with E-state index in [1.807, 2.05) is 0 Å². The lowest BCUT2D eigenvalue weighted by Gasteiger charge is -2.10. The second-order valence-corrected chi connectivity index (χ2v) is 5.85. The van der Waals surface area contributed by atoms with E-state index in [-0.39, 0.29) is 10.6 Å². The minimum atomic E-state index is -3.65. The fourth-order valence-electron chi connectivity index (χ4n) is 1.51. The molecule has 19 heavy (non-hydrogen) atoms. The van der Waals surface area contributed by atoms with Crippen molar-refractivity contribution in [1.29, 1.82) is 0 Å². The molecule has 0 amide bonds. The number of halogens is 1. The van der Waals surface area contributed by atoms with E-state index in [1.165, 1.54) is 25.3 Å². The topological polar surface area (TPSA) is 55.4 Å². The third kappa shape index (κ3) is 3.19. The van der Waals surface area contributed by atoms with E-state index >= 15 is 0 Å². The summed E-state index contributed by atoms with van der Waals surface area (Å²) >= 11 is 5.96. The number of rotatable bonds is 4. The summed E-state index contributed by atoms with van der Waals surface area (Å²) in [6.45, 7) is 0. The van der Waals surface area contributed by atoms with Gasteiger partial charge in [0.05, 0.1) is 22.7 Å². The summed E-state index contributed by atoms with van der Waals surface area (Å²) in [5, 5.41) is 0.306. The quantitative estimate of drug-likeness (QED) is 0.943. The summed E-state index contributed by atoms with van der Waals surface area (Å²) < 4.78 is 31.8. The highest BCUT2D eigenvalue weighted by Gasteiger charge is 2.15. The van der Waals surface area contributed by atoms with Crippen LogP contribution in [0.1, 0.15) is 0 Å². The Morgan fingerprint density at radius 1 is 1.11 bits per heavy atom. The zero-order chi connectivity index (χ0) is 13.9. The normalized spacial score (nSPS) is 11.1. The molecule has 100 valence electrons. The second-order valence-electron chi connectivity index (χ2n) is 3.76. The molecule has 0 heterocycles. The monoisotopic (exact) mass is 297 g/mol. The lowest BCUT2D eigenvalue weighted by atomic mass is 10.3. The first-order chi connectivity index (χ1) is 9.03. The van der Waals surface area contributed by atoms with Crippen LogP contribution >= 0.6 is 11.6 Å². The molecule has 0 saturated heterocycles. The molecule has 0 spiro atoms. The van der Waals surface area contributed by atoms with Crippen molar-refractivity contribution < 1.29 is 13.2 Å². The highest BCUT2D eigenvalue weighted by Crippen LogP contribution is 2.28. The maximum absolute atomic E-state index is 12.1. The number of benzene rings is 2. The molecule has 0 aromatic heterocycles. The first-order valence-electron chi connectivity index (χ1n) is 5.44. The lowest BCUT2D eigenvalue weighted by molar-refractivity contribution is 0.415. The highest BCUT2D eigenvalue weighted by atomic mass is 35.5. The molecule has 0 aliphatic carbocycles. The van der Waals surface area contributed by atoms with Crippen LogP contribution in [0.5, 0.6) is 5.75 Å². The van der Waals surface area contributed by atoms with Crippen molar-refractivity contribution in [3.63, 3.8) is 0 Å². The van der Waals surface area contributed by atoms with Crippen LogP contribution in [0.25, 0.3) is 0 Å². The zero-order valence-electron chi connectivity index (χ0n) is 10.1. The van der Waals surface area contributed by atoms with Gasteiger partial charge in [0.1, 0.15) is 5.75 Å². The molecule has 0 atom stereocenters. The van der Waals surface area contributed by atoms with E-state index in [1.54, 1.807) is 30.3 Å². The van der Waals surface area contributed by atoms with E-state index in [4.69, 9.17) is 16.3 Å². The van der Waals surface area contributed by atoms with Crippen LogP contribution in [-0.4, -0.2) is 15.5 Å². The Kier molecular flexibility index (Phi) is 3.97. The summed E-state index contributed by atoms with van der Waals surface area (Å²) in [5.41, 5.74) is 0.282. The maximum Gasteiger partial charge on any atom is 0.261 e.